The summed E-state index contributed by atoms with van der Waals surface area (Å²) in [5.41, 5.74) is 2.47. The predicted molar refractivity (Wildman–Crippen MR) is 80.0 cm³/mol. The molecule has 1 aliphatic rings. The van der Waals surface area contributed by atoms with Gasteiger partial charge in [0, 0.05) is 25.3 Å². The lowest BCUT2D eigenvalue weighted by Crippen LogP contribution is -2.20. The highest BCUT2D eigenvalue weighted by molar-refractivity contribution is 5.14. The van der Waals surface area contributed by atoms with Crippen molar-refractivity contribution in [2.45, 2.75) is 58.2 Å². The van der Waals surface area contributed by atoms with Crippen molar-refractivity contribution in [1.82, 2.24) is 15.2 Å². The van der Waals surface area contributed by atoms with E-state index < -0.39 is 0 Å². The highest BCUT2D eigenvalue weighted by atomic mass is 15.1. The molecule has 19 heavy (non-hydrogen) atoms. The molecule has 1 N–H and O–H groups in total. The number of hydrogen-bond donors (Lipinski definition) is 1. The van der Waals surface area contributed by atoms with Crippen LogP contribution in [0.2, 0.25) is 0 Å². The molecule has 0 unspecified atom stereocenters. The minimum Gasteiger partial charge on any atom is -0.310 e. The van der Waals surface area contributed by atoms with Crippen LogP contribution in [-0.2, 0) is 13.1 Å². The SMILES string of the molecule is CCCCCN(C)Cc1ccc(CNC2CC2)cn1. The molecular weight excluding hydrogens is 234 g/mol. The second-order valence-electron chi connectivity index (χ2n) is 5.76. The zero-order chi connectivity index (χ0) is 13.5. The van der Waals surface area contributed by atoms with Gasteiger partial charge in [-0.2, -0.15) is 0 Å². The van der Waals surface area contributed by atoms with Crippen molar-refractivity contribution in [2.24, 2.45) is 0 Å². The first-order valence-electron chi connectivity index (χ1n) is 7.63. The summed E-state index contributed by atoms with van der Waals surface area (Å²) >= 11 is 0. The maximum atomic E-state index is 4.56. The molecule has 1 aromatic rings. The van der Waals surface area contributed by atoms with Gasteiger partial charge in [-0.3, -0.25) is 4.98 Å². The van der Waals surface area contributed by atoms with Crippen LogP contribution in [0.25, 0.3) is 0 Å². The first-order valence-corrected chi connectivity index (χ1v) is 7.63. The van der Waals surface area contributed by atoms with Gasteiger partial charge in [-0.15, -0.1) is 0 Å². The average Bonchev–Trinajstić information content (AvgIpc) is 3.22. The molecule has 2 rings (SSSR count). The third-order valence-electron chi connectivity index (χ3n) is 3.63. The van der Waals surface area contributed by atoms with Crippen molar-refractivity contribution in [3.05, 3.63) is 29.6 Å². The van der Waals surface area contributed by atoms with Gasteiger partial charge in [-0.05, 0) is 44.5 Å². The van der Waals surface area contributed by atoms with Gasteiger partial charge in [-0.1, -0.05) is 25.8 Å². The fourth-order valence-corrected chi connectivity index (χ4v) is 2.19. The van der Waals surface area contributed by atoms with Gasteiger partial charge in [-0.25, -0.2) is 0 Å². The molecule has 1 heterocycles. The Morgan fingerprint density at radius 1 is 1.32 bits per heavy atom. The van der Waals surface area contributed by atoms with Gasteiger partial charge in [0.05, 0.1) is 5.69 Å². The molecule has 0 aromatic carbocycles. The summed E-state index contributed by atoms with van der Waals surface area (Å²) in [6.45, 7) is 5.33. The maximum Gasteiger partial charge on any atom is 0.0544 e. The van der Waals surface area contributed by atoms with Crippen LogP contribution in [0.1, 0.15) is 50.3 Å². The van der Waals surface area contributed by atoms with E-state index >= 15 is 0 Å². The summed E-state index contributed by atoms with van der Waals surface area (Å²) in [5, 5.41) is 3.52. The highest BCUT2D eigenvalue weighted by Gasteiger charge is 2.19. The zero-order valence-corrected chi connectivity index (χ0v) is 12.4. The first-order chi connectivity index (χ1) is 9.28. The summed E-state index contributed by atoms with van der Waals surface area (Å²) in [4.78, 5) is 6.92. The molecule has 1 saturated carbocycles. The van der Waals surface area contributed by atoms with Crippen molar-refractivity contribution in [3.63, 3.8) is 0 Å². The minimum atomic E-state index is 0.768. The smallest absolute Gasteiger partial charge is 0.0544 e. The Morgan fingerprint density at radius 3 is 2.79 bits per heavy atom. The van der Waals surface area contributed by atoms with E-state index in [1.54, 1.807) is 0 Å². The second kappa shape index (κ2) is 7.61. The van der Waals surface area contributed by atoms with E-state index in [9.17, 15) is 0 Å². The van der Waals surface area contributed by atoms with E-state index in [1.165, 1.54) is 49.9 Å². The van der Waals surface area contributed by atoms with Crippen LogP contribution < -0.4 is 5.32 Å². The lowest BCUT2D eigenvalue weighted by Gasteiger charge is -2.16. The topological polar surface area (TPSA) is 28.2 Å². The number of nitrogens with zero attached hydrogens (tertiary/aromatic N) is 2. The molecular formula is C16H27N3. The number of pyridine rings is 1. The molecule has 0 radical (unpaired) electrons. The van der Waals surface area contributed by atoms with Gasteiger partial charge >= 0.3 is 0 Å². The van der Waals surface area contributed by atoms with E-state index in [2.05, 4.69) is 41.3 Å². The number of aromatic nitrogens is 1. The molecule has 3 nitrogen and oxygen atoms in total. The van der Waals surface area contributed by atoms with Crippen LogP contribution in [-0.4, -0.2) is 29.5 Å². The third-order valence-corrected chi connectivity index (χ3v) is 3.63. The van der Waals surface area contributed by atoms with Crippen LogP contribution in [0.15, 0.2) is 18.3 Å². The van der Waals surface area contributed by atoms with Crippen LogP contribution in [0.5, 0.6) is 0 Å². The van der Waals surface area contributed by atoms with Crippen molar-refractivity contribution < 1.29 is 0 Å². The first kappa shape index (κ1) is 14.5. The molecule has 0 aliphatic heterocycles. The van der Waals surface area contributed by atoms with Crippen molar-refractivity contribution >= 4 is 0 Å². The van der Waals surface area contributed by atoms with Crippen molar-refractivity contribution in [3.8, 4) is 0 Å². The van der Waals surface area contributed by atoms with Gasteiger partial charge in [0.2, 0.25) is 0 Å². The molecule has 0 bridgehead atoms. The fraction of sp³-hybridized carbons (Fsp3) is 0.688. The summed E-state index contributed by atoms with van der Waals surface area (Å²) in [6, 6.07) is 5.14. The Hall–Kier alpha value is -0.930. The predicted octanol–water partition coefficient (Wildman–Crippen LogP) is 2.96. The standard InChI is InChI=1S/C16H27N3/c1-3-4-5-10-19(2)13-16-7-6-14(12-18-16)11-17-15-8-9-15/h6-7,12,15,17H,3-5,8-11,13H2,1-2H3. The van der Waals surface area contributed by atoms with Crippen LogP contribution in [0, 0.1) is 0 Å². The summed E-state index contributed by atoms with van der Waals surface area (Å²) in [6.07, 6.45) is 8.60. The summed E-state index contributed by atoms with van der Waals surface area (Å²) < 4.78 is 0. The molecule has 106 valence electrons. The zero-order valence-electron chi connectivity index (χ0n) is 12.4. The normalized spacial score (nSPS) is 15.1. The Bertz CT molecular complexity index is 357. The third kappa shape index (κ3) is 5.70. The van der Waals surface area contributed by atoms with Crippen molar-refractivity contribution in [1.29, 1.82) is 0 Å². The molecule has 0 spiro atoms. The quantitative estimate of drug-likeness (QED) is 0.693. The van der Waals surface area contributed by atoms with Crippen LogP contribution in [0.4, 0.5) is 0 Å². The lowest BCUT2D eigenvalue weighted by atomic mass is 10.2. The Morgan fingerprint density at radius 2 is 2.16 bits per heavy atom. The van der Waals surface area contributed by atoms with E-state index in [0.717, 1.165) is 19.1 Å². The largest absolute Gasteiger partial charge is 0.310 e. The molecule has 1 fully saturated rings. The molecule has 3 heteroatoms. The fourth-order valence-electron chi connectivity index (χ4n) is 2.19. The molecule has 0 atom stereocenters. The van der Waals surface area contributed by atoms with Crippen LogP contribution >= 0.6 is 0 Å². The van der Waals surface area contributed by atoms with Gasteiger partial charge < -0.3 is 10.2 Å². The van der Waals surface area contributed by atoms with Gasteiger partial charge in [0.1, 0.15) is 0 Å². The second-order valence-corrected chi connectivity index (χ2v) is 5.76. The number of unbranched alkanes of at least 4 members (excludes halogenated alkanes) is 2. The molecule has 0 amide bonds. The number of hydrogen-bond acceptors (Lipinski definition) is 3. The number of rotatable bonds is 9. The van der Waals surface area contributed by atoms with Gasteiger partial charge in [0.25, 0.3) is 0 Å². The highest BCUT2D eigenvalue weighted by Crippen LogP contribution is 2.19. The van der Waals surface area contributed by atoms with E-state index in [-0.39, 0.29) is 0 Å². The average molecular weight is 261 g/mol. The maximum absolute atomic E-state index is 4.56. The Balaban J connectivity index is 1.70. The Kier molecular flexibility index (Phi) is 5.80. The minimum absolute atomic E-state index is 0.768. The Labute approximate surface area is 117 Å². The van der Waals surface area contributed by atoms with Crippen LogP contribution in [0.3, 0.4) is 0 Å². The molecule has 0 saturated heterocycles. The molecule has 1 aliphatic carbocycles. The monoisotopic (exact) mass is 261 g/mol. The van der Waals surface area contributed by atoms with E-state index in [1.807, 2.05) is 6.20 Å². The molecule has 1 aromatic heterocycles. The summed E-state index contributed by atoms with van der Waals surface area (Å²) in [5.74, 6) is 0. The van der Waals surface area contributed by atoms with E-state index in [0.29, 0.717) is 0 Å². The lowest BCUT2D eigenvalue weighted by molar-refractivity contribution is 0.314. The summed E-state index contributed by atoms with van der Waals surface area (Å²) in [7, 11) is 2.18. The number of nitrogens with one attached hydrogen (secondary N) is 1. The van der Waals surface area contributed by atoms with E-state index in [4.69, 9.17) is 0 Å². The van der Waals surface area contributed by atoms with Crippen molar-refractivity contribution in [2.75, 3.05) is 13.6 Å². The van der Waals surface area contributed by atoms with Gasteiger partial charge in [0.15, 0.2) is 0 Å².